The first-order chi connectivity index (χ1) is 5.97. The lowest BCUT2D eigenvalue weighted by molar-refractivity contribution is -0.139. The average molecular weight is 301 g/mol. The topological polar surface area (TPSA) is 122 Å². The summed E-state index contributed by atoms with van der Waals surface area (Å²) in [5.41, 5.74) is 4.74. The number of nitrogens with two attached hydrogens (primary N) is 1. The molecule has 0 rings (SSSR count). The van der Waals surface area contributed by atoms with Crippen LogP contribution in [0.4, 0.5) is 4.79 Å². The first-order valence-electron chi connectivity index (χ1n) is 3.15. The summed E-state index contributed by atoms with van der Waals surface area (Å²) in [7, 11) is 0. The molecule has 0 saturated carbocycles. The first kappa shape index (κ1) is 11.9. The van der Waals surface area contributed by atoms with Gasteiger partial charge >= 0.3 is 12.0 Å². The summed E-state index contributed by atoms with van der Waals surface area (Å²) >= 11 is 1.54. The number of amides is 3. The number of carboxylic acid groups (broad SMARTS) is 1. The van der Waals surface area contributed by atoms with E-state index in [2.05, 4.69) is 3.53 Å². The molecule has 7 nitrogen and oxygen atoms in total. The summed E-state index contributed by atoms with van der Waals surface area (Å²) in [5.74, 6) is -1.81. The van der Waals surface area contributed by atoms with Gasteiger partial charge in [0, 0.05) is 0 Å². The van der Waals surface area contributed by atoms with E-state index in [-0.39, 0.29) is 0 Å². The molecule has 3 amide bonds. The van der Waals surface area contributed by atoms with Crippen LogP contribution in [0.3, 0.4) is 0 Å². The van der Waals surface area contributed by atoms with Crippen LogP contribution in [0.2, 0.25) is 0 Å². The lowest BCUT2D eigenvalue weighted by Crippen LogP contribution is -2.47. The van der Waals surface area contributed by atoms with Gasteiger partial charge in [-0.15, -0.1) is 0 Å². The molecule has 0 bridgehead atoms. The Morgan fingerprint density at radius 3 is 2.31 bits per heavy atom. The predicted octanol–water partition coefficient (Wildman–Crippen LogP) is -1.04. The zero-order chi connectivity index (χ0) is 10.4. The van der Waals surface area contributed by atoms with Crippen LogP contribution in [0.5, 0.6) is 0 Å². The predicted molar refractivity (Wildman–Crippen MR) is 50.9 cm³/mol. The number of rotatable bonds is 4. The third-order valence-corrected chi connectivity index (χ3v) is 1.64. The van der Waals surface area contributed by atoms with Crippen molar-refractivity contribution in [3.05, 3.63) is 0 Å². The molecule has 1 atom stereocenters. The Morgan fingerprint density at radius 1 is 1.46 bits per heavy atom. The van der Waals surface area contributed by atoms with Gasteiger partial charge in [-0.3, -0.25) is 13.1 Å². The van der Waals surface area contributed by atoms with Gasteiger partial charge in [0.1, 0.15) is 6.04 Å². The number of carbonyl (C=O) groups is 3. The van der Waals surface area contributed by atoms with Crippen LogP contribution in [-0.2, 0) is 9.59 Å². The highest BCUT2D eigenvalue weighted by Gasteiger charge is 2.21. The number of primary amides is 1. The fraction of sp³-hybridized carbons (Fsp3) is 0.400. The van der Waals surface area contributed by atoms with Crippen LogP contribution in [0, 0.1) is 0 Å². The molecule has 0 aromatic rings. The van der Waals surface area contributed by atoms with E-state index in [4.69, 9.17) is 10.8 Å². The van der Waals surface area contributed by atoms with E-state index in [0.717, 1.165) is 0 Å². The lowest BCUT2D eigenvalue weighted by Gasteiger charge is -2.12. The van der Waals surface area contributed by atoms with Crippen LogP contribution < -0.4 is 14.6 Å². The SMILES string of the molecule is NC(=O)NC(CC(=O)O)C(=O)NI. The second-order valence-electron chi connectivity index (χ2n) is 2.12. The summed E-state index contributed by atoms with van der Waals surface area (Å²) in [6, 6.07) is -2.07. The van der Waals surface area contributed by atoms with E-state index in [0.29, 0.717) is 0 Å². The Hall–Kier alpha value is -1.06. The Balaban J connectivity index is 4.26. The Kier molecular flexibility index (Phi) is 5.11. The molecule has 1 unspecified atom stereocenters. The minimum Gasteiger partial charge on any atom is -0.481 e. The maximum Gasteiger partial charge on any atom is 0.312 e. The Morgan fingerprint density at radius 2 is 2.00 bits per heavy atom. The molecule has 0 spiro atoms. The van der Waals surface area contributed by atoms with Crippen molar-refractivity contribution in [3.63, 3.8) is 0 Å². The fourth-order valence-electron chi connectivity index (χ4n) is 0.621. The molecule has 0 saturated heterocycles. The second kappa shape index (κ2) is 5.56. The molecular weight excluding hydrogens is 293 g/mol. The summed E-state index contributed by atoms with van der Waals surface area (Å²) in [6.07, 6.45) is -0.502. The smallest absolute Gasteiger partial charge is 0.312 e. The molecule has 8 heteroatoms. The highest BCUT2D eigenvalue weighted by Crippen LogP contribution is 1.93. The number of aliphatic carboxylic acids is 1. The highest BCUT2D eigenvalue weighted by atomic mass is 127. The lowest BCUT2D eigenvalue weighted by atomic mass is 10.2. The van der Waals surface area contributed by atoms with Gasteiger partial charge in [0.2, 0.25) is 0 Å². The maximum atomic E-state index is 10.9. The van der Waals surface area contributed by atoms with Crippen molar-refractivity contribution in [3.8, 4) is 0 Å². The molecule has 74 valence electrons. The van der Waals surface area contributed by atoms with E-state index < -0.39 is 30.4 Å². The molecule has 0 aromatic heterocycles. The van der Waals surface area contributed by atoms with Gasteiger partial charge in [-0.05, 0) is 0 Å². The Bertz CT molecular complexity index is 216. The molecule has 5 N–H and O–H groups in total. The number of carbonyl (C=O) groups excluding carboxylic acids is 2. The quantitative estimate of drug-likeness (QED) is 0.391. The number of urea groups is 1. The standard InChI is InChI=1S/C5H8IN3O4/c6-9-4(12)2(1-3(10)11)8-5(7)13/h2H,1H2,(H,9,12)(H,10,11)(H3,7,8,13). The van der Waals surface area contributed by atoms with Gasteiger partial charge in [0.05, 0.1) is 29.3 Å². The van der Waals surface area contributed by atoms with Crippen LogP contribution >= 0.6 is 22.9 Å². The van der Waals surface area contributed by atoms with Gasteiger partial charge in [-0.1, -0.05) is 0 Å². The molecule has 0 fully saturated rings. The number of carboxylic acids is 1. The van der Waals surface area contributed by atoms with Crippen LogP contribution in [0.15, 0.2) is 0 Å². The van der Waals surface area contributed by atoms with Crippen molar-refractivity contribution in [2.75, 3.05) is 0 Å². The average Bonchev–Trinajstić information content (AvgIpc) is 2.00. The Labute approximate surface area is 87.5 Å². The van der Waals surface area contributed by atoms with Gasteiger partial charge < -0.3 is 16.2 Å². The van der Waals surface area contributed by atoms with Crippen molar-refractivity contribution in [2.24, 2.45) is 5.73 Å². The molecule has 0 aliphatic heterocycles. The number of hydrogen-bond acceptors (Lipinski definition) is 3. The van der Waals surface area contributed by atoms with Crippen molar-refractivity contribution in [1.29, 1.82) is 0 Å². The molecule has 13 heavy (non-hydrogen) atoms. The number of nitrogens with one attached hydrogen (secondary N) is 2. The van der Waals surface area contributed by atoms with E-state index in [9.17, 15) is 14.4 Å². The van der Waals surface area contributed by atoms with Crippen molar-refractivity contribution >= 4 is 40.8 Å². The third-order valence-electron chi connectivity index (χ3n) is 1.10. The van der Waals surface area contributed by atoms with Crippen LogP contribution in [0.1, 0.15) is 6.42 Å². The minimum atomic E-state index is -1.20. The van der Waals surface area contributed by atoms with Gasteiger partial charge in [-0.25, -0.2) is 4.79 Å². The number of hydrogen-bond donors (Lipinski definition) is 4. The van der Waals surface area contributed by atoms with Gasteiger partial charge in [0.25, 0.3) is 5.91 Å². The monoisotopic (exact) mass is 301 g/mol. The summed E-state index contributed by atoms with van der Waals surface area (Å²) in [5, 5.41) is 10.4. The number of halogens is 1. The van der Waals surface area contributed by atoms with Crippen molar-refractivity contribution in [1.82, 2.24) is 8.85 Å². The normalized spacial score (nSPS) is 11.5. The first-order valence-corrected chi connectivity index (χ1v) is 4.23. The molecule has 0 aromatic carbocycles. The van der Waals surface area contributed by atoms with E-state index >= 15 is 0 Å². The van der Waals surface area contributed by atoms with Crippen molar-refractivity contribution < 1.29 is 19.5 Å². The zero-order valence-electron chi connectivity index (χ0n) is 6.41. The minimum absolute atomic E-state index is 0.502. The largest absolute Gasteiger partial charge is 0.481 e. The molecular formula is C5H8IN3O4. The zero-order valence-corrected chi connectivity index (χ0v) is 8.57. The molecule has 0 aliphatic carbocycles. The van der Waals surface area contributed by atoms with Crippen LogP contribution in [0.25, 0.3) is 0 Å². The van der Waals surface area contributed by atoms with E-state index in [1.807, 2.05) is 5.32 Å². The second-order valence-corrected chi connectivity index (χ2v) is 2.66. The van der Waals surface area contributed by atoms with Crippen LogP contribution in [-0.4, -0.2) is 29.1 Å². The fourth-order valence-corrected chi connectivity index (χ4v) is 0.997. The van der Waals surface area contributed by atoms with Crippen molar-refractivity contribution in [2.45, 2.75) is 12.5 Å². The maximum absolute atomic E-state index is 10.9. The third kappa shape index (κ3) is 5.22. The molecule has 0 heterocycles. The summed E-state index contributed by atoms with van der Waals surface area (Å²) in [6.45, 7) is 0. The van der Waals surface area contributed by atoms with E-state index in [1.54, 1.807) is 0 Å². The van der Waals surface area contributed by atoms with E-state index in [1.165, 1.54) is 22.9 Å². The highest BCUT2D eigenvalue weighted by molar-refractivity contribution is 14.1. The molecule has 0 radical (unpaired) electrons. The molecule has 0 aliphatic rings. The van der Waals surface area contributed by atoms with Gasteiger partial charge in [0.15, 0.2) is 0 Å². The van der Waals surface area contributed by atoms with Gasteiger partial charge in [-0.2, -0.15) is 0 Å². The summed E-state index contributed by atoms with van der Waals surface area (Å²) < 4.78 is 2.17. The summed E-state index contributed by atoms with van der Waals surface area (Å²) in [4.78, 5) is 31.5.